The SMILES string of the molecule is CC(=O)c1ccc(OCc2cc(C(=O)N(C)Cc3cc(C)[nH]n3)no2)cc1. The van der Waals surface area contributed by atoms with Gasteiger partial charge in [-0.2, -0.15) is 5.10 Å². The molecule has 1 aromatic carbocycles. The zero-order valence-electron chi connectivity index (χ0n) is 15.4. The number of aromatic amines is 1. The number of aryl methyl sites for hydroxylation is 1. The van der Waals surface area contributed by atoms with Gasteiger partial charge < -0.3 is 14.2 Å². The number of benzene rings is 1. The van der Waals surface area contributed by atoms with E-state index in [4.69, 9.17) is 9.26 Å². The minimum absolute atomic E-state index is 0.00550. The summed E-state index contributed by atoms with van der Waals surface area (Å²) in [5.41, 5.74) is 2.52. The molecule has 1 amide bonds. The van der Waals surface area contributed by atoms with Crippen LogP contribution in [0.5, 0.6) is 5.75 Å². The number of Topliss-reactive ketones (excluding diaryl/α,β-unsaturated/α-hetero) is 1. The first-order valence-corrected chi connectivity index (χ1v) is 8.38. The van der Waals surface area contributed by atoms with Gasteiger partial charge in [0.15, 0.2) is 17.2 Å². The zero-order chi connectivity index (χ0) is 19.4. The lowest BCUT2D eigenvalue weighted by Gasteiger charge is -2.13. The molecule has 2 heterocycles. The van der Waals surface area contributed by atoms with Crippen LogP contribution in [0.25, 0.3) is 0 Å². The summed E-state index contributed by atoms with van der Waals surface area (Å²) in [6, 6.07) is 10.2. The van der Waals surface area contributed by atoms with Gasteiger partial charge in [0.05, 0.1) is 12.2 Å². The minimum atomic E-state index is -0.267. The Balaban J connectivity index is 1.57. The van der Waals surface area contributed by atoms with E-state index in [1.165, 1.54) is 11.8 Å². The van der Waals surface area contributed by atoms with Crippen molar-refractivity contribution < 1.29 is 18.8 Å². The highest BCUT2D eigenvalue weighted by Crippen LogP contribution is 2.16. The van der Waals surface area contributed by atoms with E-state index in [0.29, 0.717) is 23.6 Å². The Labute approximate surface area is 156 Å². The van der Waals surface area contributed by atoms with E-state index in [9.17, 15) is 9.59 Å². The van der Waals surface area contributed by atoms with E-state index < -0.39 is 0 Å². The lowest BCUT2D eigenvalue weighted by atomic mass is 10.1. The predicted octanol–water partition coefficient (Wildman–Crippen LogP) is 2.76. The minimum Gasteiger partial charge on any atom is -0.486 e. The van der Waals surface area contributed by atoms with Crippen molar-refractivity contribution in [3.8, 4) is 5.75 Å². The lowest BCUT2D eigenvalue weighted by Crippen LogP contribution is -2.26. The van der Waals surface area contributed by atoms with Crippen LogP contribution in [0.4, 0.5) is 0 Å². The van der Waals surface area contributed by atoms with Crippen molar-refractivity contribution >= 4 is 11.7 Å². The Bertz CT molecular complexity index is 943. The molecule has 27 heavy (non-hydrogen) atoms. The lowest BCUT2D eigenvalue weighted by molar-refractivity contribution is 0.0772. The van der Waals surface area contributed by atoms with Gasteiger partial charge in [-0.25, -0.2) is 0 Å². The maximum Gasteiger partial charge on any atom is 0.276 e. The molecule has 0 spiro atoms. The van der Waals surface area contributed by atoms with E-state index >= 15 is 0 Å². The van der Waals surface area contributed by atoms with Crippen LogP contribution < -0.4 is 4.74 Å². The summed E-state index contributed by atoms with van der Waals surface area (Å²) < 4.78 is 10.8. The van der Waals surface area contributed by atoms with Crippen molar-refractivity contribution in [1.29, 1.82) is 0 Å². The molecule has 0 bridgehead atoms. The largest absolute Gasteiger partial charge is 0.486 e. The molecule has 0 saturated carbocycles. The highest BCUT2D eigenvalue weighted by atomic mass is 16.5. The number of hydrogen-bond donors (Lipinski definition) is 1. The molecule has 3 rings (SSSR count). The fourth-order valence-electron chi connectivity index (χ4n) is 2.49. The number of ketones is 1. The van der Waals surface area contributed by atoms with E-state index in [-0.39, 0.29) is 24.0 Å². The highest BCUT2D eigenvalue weighted by molar-refractivity contribution is 5.94. The van der Waals surface area contributed by atoms with Crippen LogP contribution in [0.1, 0.15) is 44.9 Å². The number of hydrogen-bond acceptors (Lipinski definition) is 6. The molecule has 8 nitrogen and oxygen atoms in total. The van der Waals surface area contributed by atoms with E-state index in [1.54, 1.807) is 37.4 Å². The topological polar surface area (TPSA) is 101 Å². The maximum atomic E-state index is 12.4. The summed E-state index contributed by atoms with van der Waals surface area (Å²) >= 11 is 0. The van der Waals surface area contributed by atoms with Gasteiger partial charge in [0.2, 0.25) is 0 Å². The number of carbonyl (C=O) groups is 2. The van der Waals surface area contributed by atoms with Crippen molar-refractivity contribution in [2.45, 2.75) is 27.0 Å². The monoisotopic (exact) mass is 368 g/mol. The number of nitrogens with one attached hydrogen (secondary N) is 1. The first-order valence-electron chi connectivity index (χ1n) is 8.38. The smallest absolute Gasteiger partial charge is 0.276 e. The third-order valence-electron chi connectivity index (χ3n) is 3.92. The number of rotatable bonds is 7. The van der Waals surface area contributed by atoms with Crippen molar-refractivity contribution in [2.75, 3.05) is 7.05 Å². The number of amides is 1. The van der Waals surface area contributed by atoms with Crippen molar-refractivity contribution in [3.05, 3.63) is 64.8 Å². The summed E-state index contributed by atoms with van der Waals surface area (Å²) in [7, 11) is 1.67. The molecule has 2 aromatic heterocycles. The third kappa shape index (κ3) is 4.60. The van der Waals surface area contributed by atoms with Crippen molar-refractivity contribution in [2.24, 2.45) is 0 Å². The molecular formula is C19H20N4O4. The van der Waals surface area contributed by atoms with E-state index in [0.717, 1.165) is 11.4 Å². The van der Waals surface area contributed by atoms with Gasteiger partial charge >= 0.3 is 0 Å². The summed E-state index contributed by atoms with van der Waals surface area (Å²) in [4.78, 5) is 25.2. The molecular weight excluding hydrogens is 348 g/mol. The Morgan fingerprint density at radius 3 is 2.59 bits per heavy atom. The average Bonchev–Trinajstić information content (AvgIpc) is 3.28. The van der Waals surface area contributed by atoms with Crippen LogP contribution >= 0.6 is 0 Å². The van der Waals surface area contributed by atoms with E-state index in [1.807, 2.05) is 13.0 Å². The van der Waals surface area contributed by atoms with Gasteiger partial charge in [0.1, 0.15) is 12.4 Å². The molecule has 0 atom stereocenters. The quantitative estimate of drug-likeness (QED) is 0.644. The number of aromatic nitrogens is 3. The second kappa shape index (κ2) is 7.86. The highest BCUT2D eigenvalue weighted by Gasteiger charge is 2.18. The Morgan fingerprint density at radius 1 is 1.22 bits per heavy atom. The van der Waals surface area contributed by atoms with Gasteiger partial charge in [-0.3, -0.25) is 14.7 Å². The molecule has 0 aliphatic carbocycles. The van der Waals surface area contributed by atoms with Crippen LogP contribution in [0.15, 0.2) is 40.9 Å². The van der Waals surface area contributed by atoms with Crippen LogP contribution in [-0.4, -0.2) is 39.0 Å². The average molecular weight is 368 g/mol. The molecule has 0 aliphatic rings. The standard InChI is InChI=1S/C19H20N4O4/c1-12-8-15(21-20-12)10-23(3)19(25)18-9-17(27-22-18)11-26-16-6-4-14(5-7-16)13(2)24/h4-9H,10-11H2,1-3H3,(H,20,21). The van der Waals surface area contributed by atoms with Crippen LogP contribution in [0.2, 0.25) is 0 Å². The second-order valence-electron chi connectivity index (χ2n) is 6.25. The third-order valence-corrected chi connectivity index (χ3v) is 3.92. The van der Waals surface area contributed by atoms with Gasteiger partial charge in [-0.15, -0.1) is 0 Å². The molecule has 1 N–H and O–H groups in total. The van der Waals surface area contributed by atoms with Gasteiger partial charge in [-0.1, -0.05) is 5.16 Å². The normalized spacial score (nSPS) is 10.6. The number of nitrogens with zero attached hydrogens (tertiary/aromatic N) is 3. The fourth-order valence-corrected chi connectivity index (χ4v) is 2.49. The summed E-state index contributed by atoms with van der Waals surface area (Å²) in [6.07, 6.45) is 0. The molecule has 0 fully saturated rings. The number of H-pyrrole nitrogens is 1. The Kier molecular flexibility index (Phi) is 5.35. The molecule has 140 valence electrons. The molecule has 8 heteroatoms. The van der Waals surface area contributed by atoms with Crippen LogP contribution in [0, 0.1) is 6.92 Å². The Hall–Kier alpha value is -3.42. The van der Waals surface area contributed by atoms with Crippen molar-refractivity contribution in [3.63, 3.8) is 0 Å². The molecule has 3 aromatic rings. The molecule has 0 saturated heterocycles. The maximum absolute atomic E-state index is 12.4. The molecule has 0 aliphatic heterocycles. The number of ether oxygens (including phenoxy) is 1. The predicted molar refractivity (Wildman–Crippen MR) is 96.4 cm³/mol. The first-order chi connectivity index (χ1) is 12.9. The zero-order valence-corrected chi connectivity index (χ0v) is 15.4. The van der Waals surface area contributed by atoms with Gasteiger partial charge in [0.25, 0.3) is 5.91 Å². The van der Waals surface area contributed by atoms with Crippen molar-refractivity contribution in [1.82, 2.24) is 20.3 Å². The summed E-state index contributed by atoms with van der Waals surface area (Å²) in [5, 5.41) is 10.8. The van der Waals surface area contributed by atoms with Crippen LogP contribution in [-0.2, 0) is 13.2 Å². The Morgan fingerprint density at radius 2 is 1.96 bits per heavy atom. The second-order valence-corrected chi connectivity index (χ2v) is 6.25. The number of carbonyl (C=O) groups excluding carboxylic acids is 2. The molecule has 0 radical (unpaired) electrons. The van der Waals surface area contributed by atoms with Gasteiger partial charge in [0, 0.05) is 24.4 Å². The summed E-state index contributed by atoms with van der Waals surface area (Å²) in [5.74, 6) is 0.749. The van der Waals surface area contributed by atoms with Crippen LogP contribution in [0.3, 0.4) is 0 Å². The first kappa shape index (κ1) is 18.4. The van der Waals surface area contributed by atoms with Gasteiger partial charge in [-0.05, 0) is 44.2 Å². The molecule has 0 unspecified atom stereocenters. The summed E-state index contributed by atoms with van der Waals surface area (Å²) in [6.45, 7) is 3.90. The fraction of sp³-hybridized carbons (Fsp3) is 0.263. The van der Waals surface area contributed by atoms with E-state index in [2.05, 4.69) is 15.4 Å².